The molecule has 1 amide bonds. The van der Waals surface area contributed by atoms with Crippen molar-refractivity contribution in [2.45, 2.75) is 76.3 Å². The minimum Gasteiger partial charge on any atom is -0.316 e. The van der Waals surface area contributed by atoms with Gasteiger partial charge in [0.15, 0.2) is 5.16 Å². The van der Waals surface area contributed by atoms with E-state index in [2.05, 4.69) is 28.5 Å². The Kier molecular flexibility index (Phi) is 7.34. The normalized spacial score (nSPS) is 19.1. The predicted molar refractivity (Wildman–Crippen MR) is 125 cm³/mol. The number of amides is 1. The molecule has 2 heterocycles. The van der Waals surface area contributed by atoms with E-state index in [-0.39, 0.29) is 11.7 Å². The maximum atomic E-state index is 12.6. The fourth-order valence-corrected chi connectivity index (χ4v) is 6.85. The van der Waals surface area contributed by atoms with Gasteiger partial charge in [0, 0.05) is 18.3 Å². The van der Waals surface area contributed by atoms with Crippen LogP contribution in [-0.4, -0.2) is 26.4 Å². The average molecular weight is 458 g/mol. The zero-order valence-electron chi connectivity index (χ0n) is 18.4. The van der Waals surface area contributed by atoms with E-state index >= 15 is 0 Å². The summed E-state index contributed by atoms with van der Waals surface area (Å²) in [5.41, 5.74) is 1.80. The number of carbonyl (C=O) groups excluding carboxylic acids is 1. The third-order valence-electron chi connectivity index (χ3n) is 6.63. The summed E-state index contributed by atoms with van der Waals surface area (Å²) >= 11 is 2.98. The zero-order chi connectivity index (χ0) is 21.8. The van der Waals surface area contributed by atoms with Crippen LogP contribution in [0.15, 0.2) is 5.16 Å². The number of nitrogens with zero attached hydrogens (tertiary/aromatic N) is 4. The quantitative estimate of drug-likeness (QED) is 0.584. The summed E-state index contributed by atoms with van der Waals surface area (Å²) < 4.78 is 2.02. The molecule has 0 aliphatic heterocycles. The van der Waals surface area contributed by atoms with Crippen molar-refractivity contribution in [1.29, 1.82) is 5.26 Å². The Morgan fingerprint density at radius 3 is 2.87 bits per heavy atom. The summed E-state index contributed by atoms with van der Waals surface area (Å²) in [5, 5.41) is 22.7. The third kappa shape index (κ3) is 5.32. The van der Waals surface area contributed by atoms with Crippen LogP contribution in [0.1, 0.15) is 73.7 Å². The standard InChI is InChI=1S/C23H31N5OS2/c1-15-8-10-17-18(13-24)22(31-19(17)12-15)25-21(29)14-30-23-27-26-20(28(23)2)11-9-16-6-4-3-5-7-16/h15-16H,3-12,14H2,1-2H3,(H,25,29). The first-order valence-electron chi connectivity index (χ1n) is 11.4. The van der Waals surface area contributed by atoms with Crippen LogP contribution in [0, 0.1) is 23.2 Å². The molecule has 0 aromatic carbocycles. The van der Waals surface area contributed by atoms with Gasteiger partial charge in [-0.3, -0.25) is 4.79 Å². The first-order chi connectivity index (χ1) is 15.0. The molecule has 2 aliphatic rings. The van der Waals surface area contributed by atoms with E-state index in [1.807, 2.05) is 11.6 Å². The molecule has 4 rings (SSSR count). The molecule has 0 bridgehead atoms. The van der Waals surface area contributed by atoms with Crippen molar-refractivity contribution in [3.63, 3.8) is 0 Å². The first-order valence-corrected chi connectivity index (χ1v) is 13.2. The molecule has 1 unspecified atom stereocenters. The topological polar surface area (TPSA) is 83.6 Å². The lowest BCUT2D eigenvalue weighted by molar-refractivity contribution is -0.113. The summed E-state index contributed by atoms with van der Waals surface area (Å²) in [4.78, 5) is 13.8. The Labute approximate surface area is 192 Å². The number of hydrogen-bond acceptors (Lipinski definition) is 6. The molecule has 8 heteroatoms. The largest absolute Gasteiger partial charge is 0.316 e. The summed E-state index contributed by atoms with van der Waals surface area (Å²) in [6.45, 7) is 2.24. The van der Waals surface area contributed by atoms with Crippen molar-refractivity contribution in [3.05, 3.63) is 21.8 Å². The van der Waals surface area contributed by atoms with E-state index < -0.39 is 0 Å². The van der Waals surface area contributed by atoms with Crippen molar-refractivity contribution >= 4 is 34.0 Å². The van der Waals surface area contributed by atoms with Crippen LogP contribution in [0.4, 0.5) is 5.00 Å². The van der Waals surface area contributed by atoms with E-state index in [1.165, 1.54) is 55.2 Å². The second kappa shape index (κ2) is 10.2. The molecule has 1 fully saturated rings. The van der Waals surface area contributed by atoms with Gasteiger partial charge in [-0.25, -0.2) is 0 Å². The van der Waals surface area contributed by atoms with Crippen LogP contribution in [0.2, 0.25) is 0 Å². The molecule has 0 spiro atoms. The van der Waals surface area contributed by atoms with Crippen molar-refractivity contribution in [1.82, 2.24) is 14.8 Å². The monoisotopic (exact) mass is 457 g/mol. The Morgan fingerprint density at radius 1 is 1.29 bits per heavy atom. The third-order valence-corrected chi connectivity index (χ3v) is 8.82. The molecule has 2 aliphatic carbocycles. The molecular weight excluding hydrogens is 426 g/mol. The number of hydrogen-bond donors (Lipinski definition) is 1. The number of anilines is 1. The summed E-state index contributed by atoms with van der Waals surface area (Å²) in [6, 6.07) is 2.31. The second-order valence-electron chi connectivity index (χ2n) is 9.01. The lowest BCUT2D eigenvalue weighted by Gasteiger charge is -2.20. The van der Waals surface area contributed by atoms with E-state index in [1.54, 1.807) is 11.3 Å². The molecule has 6 nitrogen and oxygen atoms in total. The van der Waals surface area contributed by atoms with Crippen molar-refractivity contribution in [3.8, 4) is 6.07 Å². The van der Waals surface area contributed by atoms with Crippen LogP contribution >= 0.6 is 23.1 Å². The minimum atomic E-state index is -0.0973. The molecule has 1 atom stereocenters. The molecule has 2 aromatic heterocycles. The number of aryl methyl sites for hydroxylation is 1. The highest BCUT2D eigenvalue weighted by Gasteiger charge is 2.25. The van der Waals surface area contributed by atoms with Crippen LogP contribution in [0.25, 0.3) is 0 Å². The van der Waals surface area contributed by atoms with Crippen molar-refractivity contribution in [2.75, 3.05) is 11.1 Å². The van der Waals surface area contributed by atoms with Gasteiger partial charge < -0.3 is 9.88 Å². The van der Waals surface area contributed by atoms with Gasteiger partial charge in [-0.15, -0.1) is 21.5 Å². The number of nitriles is 1. The van der Waals surface area contributed by atoms with Crippen LogP contribution in [-0.2, 0) is 31.1 Å². The lowest BCUT2D eigenvalue weighted by Crippen LogP contribution is -2.14. The van der Waals surface area contributed by atoms with Gasteiger partial charge in [-0.05, 0) is 43.1 Å². The highest BCUT2D eigenvalue weighted by molar-refractivity contribution is 7.99. The molecule has 1 N–H and O–H groups in total. The SMILES string of the molecule is CC1CCc2c(sc(NC(=O)CSc3nnc(CCC4CCCCC4)n3C)c2C#N)C1. The average Bonchev–Trinajstić information content (AvgIpc) is 3.30. The number of thiophene rings is 1. The maximum absolute atomic E-state index is 12.6. The number of aromatic nitrogens is 3. The van der Waals surface area contributed by atoms with Crippen LogP contribution < -0.4 is 5.32 Å². The fourth-order valence-electron chi connectivity index (χ4n) is 4.75. The number of rotatable bonds is 7. The Bertz CT molecular complexity index is 968. The van der Waals surface area contributed by atoms with E-state index in [9.17, 15) is 10.1 Å². The number of thioether (sulfide) groups is 1. The molecule has 31 heavy (non-hydrogen) atoms. The lowest BCUT2D eigenvalue weighted by atomic mass is 9.86. The van der Waals surface area contributed by atoms with Gasteiger partial charge in [0.25, 0.3) is 0 Å². The van der Waals surface area contributed by atoms with Crippen molar-refractivity contribution in [2.24, 2.45) is 18.9 Å². The fraction of sp³-hybridized carbons (Fsp3) is 0.652. The smallest absolute Gasteiger partial charge is 0.235 e. The van der Waals surface area contributed by atoms with Gasteiger partial charge in [-0.2, -0.15) is 5.26 Å². The zero-order valence-corrected chi connectivity index (χ0v) is 20.1. The molecule has 166 valence electrons. The molecular formula is C23H31N5OS2. The molecule has 2 aromatic rings. The van der Waals surface area contributed by atoms with Gasteiger partial charge in [0.2, 0.25) is 5.91 Å². The second-order valence-corrected chi connectivity index (χ2v) is 11.1. The summed E-state index contributed by atoms with van der Waals surface area (Å²) in [7, 11) is 1.98. The number of fused-ring (bicyclic) bond motifs is 1. The molecule has 0 saturated heterocycles. The van der Waals surface area contributed by atoms with Gasteiger partial charge in [0.1, 0.15) is 16.9 Å². The molecule has 0 radical (unpaired) electrons. The first kappa shape index (κ1) is 22.3. The Morgan fingerprint density at radius 2 is 2.10 bits per heavy atom. The minimum absolute atomic E-state index is 0.0973. The maximum Gasteiger partial charge on any atom is 0.235 e. The van der Waals surface area contributed by atoms with E-state index in [0.29, 0.717) is 16.5 Å². The highest BCUT2D eigenvalue weighted by atomic mass is 32.2. The van der Waals surface area contributed by atoms with Gasteiger partial charge >= 0.3 is 0 Å². The number of carbonyl (C=O) groups is 1. The summed E-state index contributed by atoms with van der Waals surface area (Å²) in [5.74, 6) is 2.62. The van der Waals surface area contributed by atoms with Crippen LogP contribution in [0.5, 0.6) is 0 Å². The molecule has 1 saturated carbocycles. The Balaban J connectivity index is 1.31. The Hall–Kier alpha value is -1.85. The highest BCUT2D eigenvalue weighted by Crippen LogP contribution is 2.39. The van der Waals surface area contributed by atoms with Gasteiger partial charge in [0.05, 0.1) is 11.3 Å². The van der Waals surface area contributed by atoms with E-state index in [0.717, 1.165) is 48.1 Å². The van der Waals surface area contributed by atoms with Crippen molar-refractivity contribution < 1.29 is 4.79 Å². The number of nitrogens with one attached hydrogen (secondary N) is 1. The summed E-state index contributed by atoms with van der Waals surface area (Å²) in [6.07, 6.45) is 12.0. The van der Waals surface area contributed by atoms with Gasteiger partial charge in [-0.1, -0.05) is 50.8 Å². The van der Waals surface area contributed by atoms with Crippen LogP contribution in [0.3, 0.4) is 0 Å². The van der Waals surface area contributed by atoms with E-state index in [4.69, 9.17) is 0 Å². The predicted octanol–water partition coefficient (Wildman–Crippen LogP) is 5.12.